The molecule has 0 rings (SSSR count). The molecule has 0 aromatic carbocycles. The third-order valence-electron chi connectivity index (χ3n) is 3.67. The smallest absolute Gasteiger partial charge is 0.372 e. The number of carboxylic acid groups (broad SMARTS) is 3. The molecule has 9 nitrogen and oxygen atoms in total. The minimum atomic E-state index is -1.87. The largest absolute Gasteiger partial charge is 0.481 e. The van der Waals surface area contributed by atoms with E-state index in [1.165, 1.54) is 13.8 Å². The van der Waals surface area contributed by atoms with E-state index in [1.807, 2.05) is 0 Å². The zero-order valence-corrected chi connectivity index (χ0v) is 13.4. The summed E-state index contributed by atoms with van der Waals surface area (Å²) in [6, 6.07) is 0. The van der Waals surface area contributed by atoms with Crippen molar-refractivity contribution in [2.75, 3.05) is 0 Å². The van der Waals surface area contributed by atoms with Gasteiger partial charge in [-0.2, -0.15) is 0 Å². The van der Waals surface area contributed by atoms with Gasteiger partial charge < -0.3 is 15.3 Å². The number of carboxylic acids is 3. The number of rotatable bonds is 12. The highest BCUT2D eigenvalue weighted by Gasteiger charge is 2.35. The molecule has 2 unspecified atom stereocenters. The summed E-state index contributed by atoms with van der Waals surface area (Å²) >= 11 is 0. The third kappa shape index (κ3) is 5.90. The van der Waals surface area contributed by atoms with Gasteiger partial charge in [0, 0.05) is 18.8 Å². The van der Waals surface area contributed by atoms with Crippen LogP contribution in [0, 0.1) is 17.8 Å². The van der Waals surface area contributed by atoms with Crippen molar-refractivity contribution in [2.45, 2.75) is 39.5 Å². The predicted octanol–water partition coefficient (Wildman–Crippen LogP) is 0.396. The van der Waals surface area contributed by atoms with Crippen molar-refractivity contribution in [1.29, 1.82) is 0 Å². The Labute approximate surface area is 137 Å². The summed E-state index contributed by atoms with van der Waals surface area (Å²) in [4.78, 5) is 68.3. The summed E-state index contributed by atoms with van der Waals surface area (Å²) in [5.41, 5.74) is 0. The van der Waals surface area contributed by atoms with Crippen LogP contribution in [0.25, 0.3) is 0 Å². The van der Waals surface area contributed by atoms with Gasteiger partial charge in [-0.3, -0.25) is 24.0 Å². The van der Waals surface area contributed by atoms with Gasteiger partial charge in [0.1, 0.15) is 23.4 Å². The lowest BCUT2D eigenvalue weighted by Crippen LogP contribution is -2.34. The van der Waals surface area contributed by atoms with Gasteiger partial charge in [0.2, 0.25) is 5.78 Å². The standard InChI is InChI=1S/C15H20O9/c1-3-8(13(19)20)10(16)5-7(12(18)15(23)24)6-11(17)9(4-2)14(21)22/h7-9H,3-6H2,1-2H3,(H,19,20)(H,21,22)(H,23,24). The van der Waals surface area contributed by atoms with Gasteiger partial charge in [0.25, 0.3) is 0 Å². The van der Waals surface area contributed by atoms with E-state index in [4.69, 9.17) is 15.3 Å². The Bertz CT molecular complexity index is 513. The molecular formula is C15H20O9. The van der Waals surface area contributed by atoms with Crippen LogP contribution in [0.1, 0.15) is 39.5 Å². The average molecular weight is 344 g/mol. The van der Waals surface area contributed by atoms with E-state index in [2.05, 4.69) is 0 Å². The van der Waals surface area contributed by atoms with Crippen molar-refractivity contribution in [3.63, 3.8) is 0 Å². The Morgan fingerprint density at radius 1 is 0.708 bits per heavy atom. The normalized spacial score (nSPS) is 14.2. The molecule has 2 atom stereocenters. The highest BCUT2D eigenvalue weighted by molar-refractivity contribution is 6.34. The third-order valence-corrected chi connectivity index (χ3v) is 3.67. The first kappa shape index (κ1) is 21.4. The van der Waals surface area contributed by atoms with E-state index < -0.39 is 65.9 Å². The van der Waals surface area contributed by atoms with Crippen LogP contribution in [0.3, 0.4) is 0 Å². The first-order valence-corrected chi connectivity index (χ1v) is 7.34. The van der Waals surface area contributed by atoms with E-state index in [0.29, 0.717) is 0 Å². The molecule has 0 saturated carbocycles. The summed E-state index contributed by atoms with van der Waals surface area (Å²) in [6.45, 7) is 2.88. The fourth-order valence-electron chi connectivity index (χ4n) is 2.28. The van der Waals surface area contributed by atoms with E-state index in [0.717, 1.165) is 0 Å². The van der Waals surface area contributed by atoms with Gasteiger partial charge in [0.05, 0.1) is 0 Å². The van der Waals surface area contributed by atoms with Crippen molar-refractivity contribution >= 4 is 35.3 Å². The molecule has 9 heteroatoms. The molecule has 0 aromatic rings. The Kier molecular flexibility index (Phi) is 8.51. The summed E-state index contributed by atoms with van der Waals surface area (Å²) in [7, 11) is 0. The van der Waals surface area contributed by atoms with Crippen LogP contribution in [-0.4, -0.2) is 50.6 Å². The first-order valence-electron chi connectivity index (χ1n) is 7.34. The Morgan fingerprint density at radius 2 is 1.04 bits per heavy atom. The van der Waals surface area contributed by atoms with Crippen LogP contribution in [0.2, 0.25) is 0 Å². The second-order valence-corrected chi connectivity index (χ2v) is 5.31. The van der Waals surface area contributed by atoms with E-state index in [9.17, 15) is 28.8 Å². The summed E-state index contributed by atoms with van der Waals surface area (Å²) in [6.07, 6.45) is -1.58. The Balaban J connectivity index is 5.34. The zero-order chi connectivity index (χ0) is 19.0. The molecule has 3 N–H and O–H groups in total. The van der Waals surface area contributed by atoms with Gasteiger partial charge in [-0.25, -0.2) is 4.79 Å². The van der Waals surface area contributed by atoms with Crippen molar-refractivity contribution < 1.29 is 44.1 Å². The molecule has 24 heavy (non-hydrogen) atoms. The topological polar surface area (TPSA) is 163 Å². The van der Waals surface area contributed by atoms with E-state index in [-0.39, 0.29) is 12.8 Å². The molecule has 0 fully saturated rings. The monoisotopic (exact) mass is 344 g/mol. The molecule has 0 heterocycles. The first-order chi connectivity index (χ1) is 11.1. The van der Waals surface area contributed by atoms with Crippen LogP contribution in [0.4, 0.5) is 0 Å². The number of carbonyl (C=O) groups is 6. The molecule has 0 bridgehead atoms. The number of aliphatic carboxylic acids is 3. The zero-order valence-electron chi connectivity index (χ0n) is 13.4. The number of hydrogen-bond donors (Lipinski definition) is 3. The Hall–Kier alpha value is -2.58. The van der Waals surface area contributed by atoms with Gasteiger partial charge >= 0.3 is 17.9 Å². The van der Waals surface area contributed by atoms with Crippen molar-refractivity contribution in [2.24, 2.45) is 17.8 Å². The van der Waals surface area contributed by atoms with Crippen LogP contribution >= 0.6 is 0 Å². The quantitative estimate of drug-likeness (QED) is 0.335. The summed E-state index contributed by atoms with van der Waals surface area (Å²) in [5.74, 6) is -12.3. The molecule has 0 aromatic heterocycles. The van der Waals surface area contributed by atoms with Crippen molar-refractivity contribution in [3.05, 3.63) is 0 Å². The van der Waals surface area contributed by atoms with Crippen molar-refractivity contribution in [1.82, 2.24) is 0 Å². The maximum atomic E-state index is 12.0. The van der Waals surface area contributed by atoms with Gasteiger partial charge in [-0.05, 0) is 12.8 Å². The van der Waals surface area contributed by atoms with Gasteiger partial charge in [-0.1, -0.05) is 13.8 Å². The summed E-state index contributed by atoms with van der Waals surface area (Å²) < 4.78 is 0. The van der Waals surface area contributed by atoms with E-state index in [1.54, 1.807) is 0 Å². The maximum Gasteiger partial charge on any atom is 0.372 e. The van der Waals surface area contributed by atoms with Crippen LogP contribution in [0.15, 0.2) is 0 Å². The molecule has 0 amide bonds. The lowest BCUT2D eigenvalue weighted by Gasteiger charge is -2.16. The molecule has 0 aliphatic heterocycles. The van der Waals surface area contributed by atoms with Gasteiger partial charge in [-0.15, -0.1) is 0 Å². The molecule has 0 radical (unpaired) electrons. The van der Waals surface area contributed by atoms with E-state index >= 15 is 0 Å². The number of ketones is 3. The van der Waals surface area contributed by atoms with Crippen LogP contribution < -0.4 is 0 Å². The maximum absolute atomic E-state index is 12.0. The van der Waals surface area contributed by atoms with Crippen LogP contribution in [0.5, 0.6) is 0 Å². The SMILES string of the molecule is CCC(C(=O)O)C(=O)CC(CC(=O)C(CC)C(=O)O)C(=O)C(=O)O. The predicted molar refractivity (Wildman–Crippen MR) is 78.2 cm³/mol. The number of hydrogen-bond acceptors (Lipinski definition) is 6. The molecule has 0 aliphatic rings. The minimum Gasteiger partial charge on any atom is -0.481 e. The number of Topliss-reactive ketones (excluding diaryl/α,β-unsaturated/α-hetero) is 3. The Morgan fingerprint density at radius 3 is 1.25 bits per heavy atom. The molecule has 0 spiro atoms. The number of carbonyl (C=O) groups excluding carboxylic acids is 3. The highest BCUT2D eigenvalue weighted by atomic mass is 16.4. The minimum absolute atomic E-state index is 0.0528. The average Bonchev–Trinajstić information content (AvgIpc) is 2.46. The molecule has 134 valence electrons. The summed E-state index contributed by atoms with van der Waals surface area (Å²) in [5, 5.41) is 26.6. The second-order valence-electron chi connectivity index (χ2n) is 5.31. The fourth-order valence-corrected chi connectivity index (χ4v) is 2.28. The molecule has 0 aliphatic carbocycles. The van der Waals surface area contributed by atoms with Gasteiger partial charge in [0.15, 0.2) is 0 Å². The molecule has 0 saturated heterocycles. The van der Waals surface area contributed by atoms with Crippen LogP contribution in [-0.2, 0) is 28.8 Å². The highest BCUT2D eigenvalue weighted by Crippen LogP contribution is 2.20. The fraction of sp³-hybridized carbons (Fsp3) is 0.600. The second kappa shape index (κ2) is 9.53. The lowest BCUT2D eigenvalue weighted by molar-refractivity contribution is -0.153. The lowest BCUT2D eigenvalue weighted by atomic mass is 9.84. The van der Waals surface area contributed by atoms with Crippen molar-refractivity contribution in [3.8, 4) is 0 Å². The molecular weight excluding hydrogens is 324 g/mol.